The Labute approximate surface area is 95.8 Å². The minimum absolute atomic E-state index is 0.403. The fourth-order valence-corrected chi connectivity index (χ4v) is 1.64. The molecule has 3 aromatic rings. The molecule has 0 N–H and O–H groups in total. The van der Waals surface area contributed by atoms with E-state index >= 15 is 0 Å². The van der Waals surface area contributed by atoms with E-state index in [0.717, 1.165) is 11.2 Å². The topological polar surface area (TPSA) is 56.0 Å². The number of halogens is 1. The Kier molecular flexibility index (Phi) is 2.04. The van der Waals surface area contributed by atoms with Crippen molar-refractivity contribution < 1.29 is 0 Å². The van der Waals surface area contributed by atoms with Gasteiger partial charge in [-0.05, 0) is 6.07 Å². The number of hydrogen-bond donors (Lipinski definition) is 0. The molecule has 0 spiro atoms. The van der Waals surface area contributed by atoms with Crippen LogP contribution < -0.4 is 0 Å². The van der Waals surface area contributed by atoms with Crippen LogP contribution >= 0.6 is 11.6 Å². The molecule has 78 valence electrons. The zero-order valence-corrected chi connectivity index (χ0v) is 8.83. The summed E-state index contributed by atoms with van der Waals surface area (Å²) in [5.74, 6) is 0. The molecule has 0 aliphatic heterocycles. The monoisotopic (exact) mass is 231 g/mol. The molecule has 0 radical (unpaired) electrons. The normalized spacial score (nSPS) is 10.8. The third-order valence-electron chi connectivity index (χ3n) is 2.19. The van der Waals surface area contributed by atoms with Gasteiger partial charge in [0.15, 0.2) is 5.65 Å². The molecule has 0 bridgehead atoms. The molecular formula is C10H6ClN5. The zero-order chi connectivity index (χ0) is 11.0. The Morgan fingerprint density at radius 2 is 2.12 bits per heavy atom. The van der Waals surface area contributed by atoms with Crippen molar-refractivity contribution in [1.82, 2.24) is 24.6 Å². The molecule has 3 aromatic heterocycles. The quantitative estimate of drug-likeness (QED) is 0.600. The fraction of sp³-hybridized carbons (Fsp3) is 0. The van der Waals surface area contributed by atoms with E-state index in [-0.39, 0.29) is 0 Å². The molecule has 0 atom stereocenters. The van der Waals surface area contributed by atoms with Gasteiger partial charge in [-0.25, -0.2) is 19.5 Å². The van der Waals surface area contributed by atoms with Crippen LogP contribution in [-0.2, 0) is 0 Å². The number of aromatic nitrogens is 5. The summed E-state index contributed by atoms with van der Waals surface area (Å²) in [6, 6.07) is 3.50. The van der Waals surface area contributed by atoms with E-state index in [1.54, 1.807) is 23.0 Å². The van der Waals surface area contributed by atoms with Gasteiger partial charge in [0.2, 0.25) is 0 Å². The first-order chi connectivity index (χ1) is 7.84. The van der Waals surface area contributed by atoms with Crippen molar-refractivity contribution in [3.05, 3.63) is 42.2 Å². The number of rotatable bonds is 1. The first-order valence-corrected chi connectivity index (χ1v) is 4.99. The van der Waals surface area contributed by atoms with E-state index in [9.17, 15) is 0 Å². The maximum Gasteiger partial charge on any atom is 0.164 e. The average molecular weight is 232 g/mol. The molecule has 0 amide bonds. The van der Waals surface area contributed by atoms with Crippen LogP contribution in [0.4, 0.5) is 0 Å². The molecule has 0 saturated heterocycles. The molecule has 3 rings (SSSR count). The van der Waals surface area contributed by atoms with Gasteiger partial charge in [-0.1, -0.05) is 11.6 Å². The highest BCUT2D eigenvalue weighted by Crippen LogP contribution is 2.21. The largest absolute Gasteiger partial charge is 0.236 e. The molecule has 16 heavy (non-hydrogen) atoms. The van der Waals surface area contributed by atoms with Gasteiger partial charge in [-0.15, -0.1) is 0 Å². The Hall–Kier alpha value is -2.01. The van der Waals surface area contributed by atoms with Crippen LogP contribution in [0.3, 0.4) is 0 Å². The lowest BCUT2D eigenvalue weighted by atomic mass is 10.2. The van der Waals surface area contributed by atoms with Crippen molar-refractivity contribution in [2.75, 3.05) is 0 Å². The van der Waals surface area contributed by atoms with E-state index in [2.05, 4.69) is 20.1 Å². The summed E-state index contributed by atoms with van der Waals surface area (Å²) in [5, 5.41) is 4.58. The van der Waals surface area contributed by atoms with Crippen LogP contribution in [0.25, 0.3) is 16.9 Å². The van der Waals surface area contributed by atoms with Crippen LogP contribution in [0.15, 0.2) is 37.1 Å². The van der Waals surface area contributed by atoms with Crippen molar-refractivity contribution >= 4 is 17.2 Å². The van der Waals surface area contributed by atoms with Crippen LogP contribution in [-0.4, -0.2) is 24.6 Å². The van der Waals surface area contributed by atoms with Gasteiger partial charge >= 0.3 is 0 Å². The molecule has 0 aliphatic carbocycles. The highest BCUT2D eigenvalue weighted by Gasteiger charge is 2.08. The lowest BCUT2D eigenvalue weighted by Crippen LogP contribution is -1.89. The number of hydrogen-bond acceptors (Lipinski definition) is 4. The lowest BCUT2D eigenvalue weighted by molar-refractivity contribution is 0.939. The molecule has 6 heteroatoms. The molecule has 3 heterocycles. The third-order valence-corrected chi connectivity index (χ3v) is 2.40. The Balaban J connectivity index is 2.26. The van der Waals surface area contributed by atoms with Gasteiger partial charge in [0.25, 0.3) is 0 Å². The molecule has 5 nitrogen and oxygen atoms in total. The lowest BCUT2D eigenvalue weighted by Gasteiger charge is -1.97. The molecule has 0 aromatic carbocycles. The van der Waals surface area contributed by atoms with Crippen LogP contribution in [0.5, 0.6) is 0 Å². The van der Waals surface area contributed by atoms with Gasteiger partial charge in [-0.2, -0.15) is 5.10 Å². The SMILES string of the molecule is Clc1cc(-c2cnn3cccnc23)ncn1. The van der Waals surface area contributed by atoms with Gasteiger partial charge in [-0.3, -0.25) is 0 Å². The summed E-state index contributed by atoms with van der Waals surface area (Å²) in [5.41, 5.74) is 2.30. The summed E-state index contributed by atoms with van der Waals surface area (Å²) < 4.78 is 1.69. The van der Waals surface area contributed by atoms with Crippen LogP contribution in [0.2, 0.25) is 5.15 Å². The molecule has 0 aliphatic rings. The highest BCUT2D eigenvalue weighted by atomic mass is 35.5. The van der Waals surface area contributed by atoms with Gasteiger partial charge in [0.05, 0.1) is 17.5 Å². The second-order valence-electron chi connectivity index (χ2n) is 3.17. The van der Waals surface area contributed by atoms with E-state index in [4.69, 9.17) is 11.6 Å². The fourth-order valence-electron chi connectivity index (χ4n) is 1.49. The number of fused-ring (bicyclic) bond motifs is 1. The second kappa shape index (κ2) is 3.53. The molecule has 0 saturated carbocycles. The zero-order valence-electron chi connectivity index (χ0n) is 8.08. The maximum absolute atomic E-state index is 5.81. The summed E-state index contributed by atoms with van der Waals surface area (Å²) in [7, 11) is 0. The minimum Gasteiger partial charge on any atom is -0.236 e. The summed E-state index contributed by atoms with van der Waals surface area (Å²) in [6.45, 7) is 0. The van der Waals surface area contributed by atoms with Crippen molar-refractivity contribution in [3.63, 3.8) is 0 Å². The smallest absolute Gasteiger partial charge is 0.164 e. The van der Waals surface area contributed by atoms with E-state index in [0.29, 0.717) is 10.8 Å². The van der Waals surface area contributed by atoms with Crippen molar-refractivity contribution in [1.29, 1.82) is 0 Å². The second-order valence-corrected chi connectivity index (χ2v) is 3.56. The van der Waals surface area contributed by atoms with Gasteiger partial charge < -0.3 is 0 Å². The standard InChI is InChI=1S/C10H6ClN5/c11-9-4-8(13-6-14-9)7-5-15-16-3-1-2-12-10(7)16/h1-6H. The predicted molar refractivity (Wildman–Crippen MR) is 59.0 cm³/mol. The highest BCUT2D eigenvalue weighted by molar-refractivity contribution is 6.29. The van der Waals surface area contributed by atoms with Crippen LogP contribution in [0, 0.1) is 0 Å². The summed E-state index contributed by atoms with van der Waals surface area (Å²) >= 11 is 5.81. The van der Waals surface area contributed by atoms with Crippen molar-refractivity contribution in [2.24, 2.45) is 0 Å². The third kappa shape index (κ3) is 1.42. The first kappa shape index (κ1) is 9.23. The van der Waals surface area contributed by atoms with Crippen molar-refractivity contribution in [2.45, 2.75) is 0 Å². The van der Waals surface area contributed by atoms with E-state index in [1.807, 2.05) is 12.3 Å². The summed E-state index contributed by atoms with van der Waals surface area (Å²) in [6.07, 6.45) is 6.67. The Bertz CT molecular complexity index is 648. The summed E-state index contributed by atoms with van der Waals surface area (Å²) in [4.78, 5) is 12.2. The van der Waals surface area contributed by atoms with Crippen LogP contribution in [0.1, 0.15) is 0 Å². The van der Waals surface area contributed by atoms with Gasteiger partial charge in [0, 0.05) is 18.5 Å². The van der Waals surface area contributed by atoms with Gasteiger partial charge in [0.1, 0.15) is 11.5 Å². The first-order valence-electron chi connectivity index (χ1n) is 4.61. The molecule has 0 unspecified atom stereocenters. The Morgan fingerprint density at radius 3 is 3.00 bits per heavy atom. The van der Waals surface area contributed by atoms with E-state index in [1.165, 1.54) is 6.33 Å². The maximum atomic E-state index is 5.81. The van der Waals surface area contributed by atoms with Crippen molar-refractivity contribution in [3.8, 4) is 11.3 Å². The molecule has 0 fully saturated rings. The Morgan fingerprint density at radius 1 is 1.19 bits per heavy atom. The van der Waals surface area contributed by atoms with E-state index < -0.39 is 0 Å². The minimum atomic E-state index is 0.403. The molecular weight excluding hydrogens is 226 g/mol. The number of nitrogens with zero attached hydrogens (tertiary/aromatic N) is 5. The average Bonchev–Trinajstić information content (AvgIpc) is 2.72. The predicted octanol–water partition coefficient (Wildman–Crippen LogP) is 1.84.